The highest BCUT2D eigenvalue weighted by atomic mass is 79.9. The van der Waals surface area contributed by atoms with E-state index in [1.165, 1.54) is 0 Å². The maximum atomic E-state index is 11.3. The van der Waals surface area contributed by atoms with Crippen molar-refractivity contribution in [3.05, 3.63) is 0 Å². The van der Waals surface area contributed by atoms with Gasteiger partial charge in [0.1, 0.15) is 0 Å². The lowest BCUT2D eigenvalue weighted by molar-refractivity contribution is -0.126. The molecule has 0 aromatic heterocycles. The largest absolute Gasteiger partial charge is 0.352 e. The van der Waals surface area contributed by atoms with E-state index in [0.717, 1.165) is 12.8 Å². The number of halogens is 1. The Labute approximate surface area is 96.5 Å². The summed E-state index contributed by atoms with van der Waals surface area (Å²) >= 11 is 2.88. The van der Waals surface area contributed by atoms with E-state index >= 15 is 0 Å². The van der Waals surface area contributed by atoms with Crippen molar-refractivity contribution in [1.82, 2.24) is 10.2 Å². The highest BCUT2D eigenvalue weighted by molar-refractivity contribution is 9.12. The molecular weight excluding hydrogens is 262 g/mol. The first-order chi connectivity index (χ1) is 7.13. The van der Waals surface area contributed by atoms with Gasteiger partial charge in [0.15, 0.2) is 0 Å². The van der Waals surface area contributed by atoms with Crippen LogP contribution in [0.25, 0.3) is 0 Å². The van der Waals surface area contributed by atoms with E-state index in [0.29, 0.717) is 13.1 Å². The minimum Gasteiger partial charge on any atom is -0.352 e. The lowest BCUT2D eigenvalue weighted by Gasteiger charge is -2.30. The van der Waals surface area contributed by atoms with Crippen LogP contribution < -0.4 is 11.1 Å². The maximum Gasteiger partial charge on any atom is 0.312 e. The molecular formula is C9H12BrN3O2. The fraction of sp³-hybridized carbons (Fsp3) is 0.556. The van der Waals surface area contributed by atoms with E-state index in [9.17, 15) is 9.59 Å². The summed E-state index contributed by atoms with van der Waals surface area (Å²) in [6.07, 6.45) is 1.44. The van der Waals surface area contributed by atoms with Gasteiger partial charge in [-0.15, -0.1) is 0 Å². The number of nitrogens with two attached hydrogens (primary N) is 1. The first-order valence-corrected chi connectivity index (χ1v) is 5.39. The van der Waals surface area contributed by atoms with E-state index in [2.05, 4.69) is 32.0 Å². The summed E-state index contributed by atoms with van der Waals surface area (Å²) in [6, 6.07) is -0.441. The number of carbonyl (C=O) groups excluding carboxylic acids is 2. The Balaban J connectivity index is 2.37. The van der Waals surface area contributed by atoms with Crippen LogP contribution >= 0.6 is 15.9 Å². The number of nitrogens with one attached hydrogen (secondary N) is 1. The lowest BCUT2D eigenvalue weighted by Crippen LogP contribution is -2.47. The minimum absolute atomic E-state index is 0.0727. The molecule has 1 fully saturated rings. The third-order valence-electron chi connectivity index (χ3n) is 2.28. The van der Waals surface area contributed by atoms with Crippen LogP contribution in [0.5, 0.6) is 0 Å². The highest BCUT2D eigenvalue weighted by Crippen LogP contribution is 2.09. The van der Waals surface area contributed by atoms with Gasteiger partial charge in [0, 0.05) is 41.0 Å². The van der Waals surface area contributed by atoms with Crippen molar-refractivity contribution in [3.63, 3.8) is 0 Å². The number of piperidine rings is 1. The quantitative estimate of drug-likeness (QED) is 0.660. The number of rotatable bonds is 1. The van der Waals surface area contributed by atoms with Crippen LogP contribution in [-0.2, 0) is 4.79 Å². The third kappa shape index (κ3) is 3.80. The molecule has 0 unspecified atom stereocenters. The van der Waals surface area contributed by atoms with Crippen LogP contribution in [0.2, 0.25) is 0 Å². The Kier molecular flexibility index (Phi) is 4.43. The number of hydrogen-bond acceptors (Lipinski definition) is 2. The second kappa shape index (κ2) is 5.61. The molecule has 1 aliphatic heterocycles. The number of urea groups is 1. The molecule has 15 heavy (non-hydrogen) atoms. The van der Waals surface area contributed by atoms with E-state index < -0.39 is 6.03 Å². The zero-order valence-electron chi connectivity index (χ0n) is 8.12. The van der Waals surface area contributed by atoms with Gasteiger partial charge in [0.2, 0.25) is 0 Å². The molecule has 0 spiro atoms. The van der Waals surface area contributed by atoms with Crippen LogP contribution in [0.4, 0.5) is 4.79 Å². The first-order valence-electron chi connectivity index (χ1n) is 4.60. The van der Waals surface area contributed by atoms with Crippen molar-refractivity contribution in [1.29, 1.82) is 0 Å². The molecule has 0 aromatic rings. The molecule has 0 bridgehead atoms. The molecule has 1 rings (SSSR count). The normalized spacial score (nSPS) is 16.5. The van der Waals surface area contributed by atoms with Gasteiger partial charge < -0.3 is 16.0 Å². The Morgan fingerprint density at radius 1 is 1.40 bits per heavy atom. The summed E-state index contributed by atoms with van der Waals surface area (Å²) < 4.78 is 0. The number of primary amides is 1. The van der Waals surface area contributed by atoms with E-state index in [-0.39, 0.29) is 11.9 Å². The molecule has 82 valence electrons. The van der Waals surface area contributed by atoms with E-state index in [1.807, 2.05) is 0 Å². The monoisotopic (exact) mass is 273 g/mol. The summed E-state index contributed by atoms with van der Waals surface area (Å²) in [5.41, 5.74) is 5.01. The number of hydrogen-bond donors (Lipinski definition) is 2. The summed E-state index contributed by atoms with van der Waals surface area (Å²) in [4.78, 5) is 26.0. The van der Waals surface area contributed by atoms with Crippen LogP contribution in [0.3, 0.4) is 0 Å². The Hall–Kier alpha value is -1.22. The summed E-state index contributed by atoms with van der Waals surface area (Å²) in [5.74, 6) is 2.22. The molecule has 0 atom stereocenters. The number of amides is 3. The predicted molar refractivity (Wildman–Crippen MR) is 59.0 cm³/mol. The summed E-state index contributed by atoms with van der Waals surface area (Å²) in [6.45, 7) is 1.21. The Morgan fingerprint density at radius 2 is 2.00 bits per heavy atom. The molecule has 3 N–H and O–H groups in total. The lowest BCUT2D eigenvalue weighted by atomic mass is 10.1. The van der Waals surface area contributed by atoms with Gasteiger partial charge >= 0.3 is 6.03 Å². The standard InChI is InChI=1S/C9H12BrN3O2/c10-4-1-8(14)13-5-2-7(3-6-13)12-9(11)15/h7H,2-3,5-6H2,(H3,11,12,15). The van der Waals surface area contributed by atoms with Crippen molar-refractivity contribution in [2.75, 3.05) is 13.1 Å². The summed E-state index contributed by atoms with van der Waals surface area (Å²) in [5, 5.41) is 2.63. The molecule has 1 heterocycles. The van der Waals surface area contributed by atoms with Gasteiger partial charge in [-0.25, -0.2) is 4.79 Å². The zero-order valence-corrected chi connectivity index (χ0v) is 9.71. The predicted octanol–water partition coefficient (Wildman–Crippen LogP) is 0.00150. The molecule has 6 heteroatoms. The van der Waals surface area contributed by atoms with Crippen LogP contribution in [0.1, 0.15) is 12.8 Å². The zero-order chi connectivity index (χ0) is 11.3. The van der Waals surface area contributed by atoms with Gasteiger partial charge in [0.25, 0.3) is 5.91 Å². The highest BCUT2D eigenvalue weighted by Gasteiger charge is 2.22. The van der Waals surface area contributed by atoms with E-state index in [1.54, 1.807) is 4.90 Å². The molecule has 0 saturated carbocycles. The molecule has 1 aliphatic rings. The number of likely N-dealkylation sites (tertiary alicyclic amines) is 1. The van der Waals surface area contributed by atoms with Gasteiger partial charge in [-0.3, -0.25) is 4.79 Å². The molecule has 0 aromatic carbocycles. The van der Waals surface area contributed by atoms with Crippen molar-refractivity contribution in [2.45, 2.75) is 18.9 Å². The minimum atomic E-state index is -0.514. The van der Waals surface area contributed by atoms with Gasteiger partial charge in [-0.1, -0.05) is 0 Å². The summed E-state index contributed by atoms with van der Waals surface area (Å²) in [7, 11) is 0. The second-order valence-electron chi connectivity index (χ2n) is 3.29. The third-order valence-corrected chi connectivity index (χ3v) is 2.48. The van der Waals surface area contributed by atoms with Crippen molar-refractivity contribution >= 4 is 27.9 Å². The smallest absolute Gasteiger partial charge is 0.312 e. The van der Waals surface area contributed by atoms with Crippen molar-refractivity contribution < 1.29 is 9.59 Å². The Bertz CT molecular complexity index is 313. The molecule has 3 amide bonds. The molecule has 0 radical (unpaired) electrons. The molecule has 0 aliphatic carbocycles. The first kappa shape index (κ1) is 11.9. The van der Waals surface area contributed by atoms with Crippen molar-refractivity contribution in [2.24, 2.45) is 5.73 Å². The second-order valence-corrected chi connectivity index (χ2v) is 3.69. The van der Waals surface area contributed by atoms with Gasteiger partial charge in [0.05, 0.1) is 0 Å². The van der Waals surface area contributed by atoms with Crippen LogP contribution in [-0.4, -0.2) is 36.0 Å². The molecule has 1 saturated heterocycles. The number of nitrogens with zero attached hydrogens (tertiary/aromatic N) is 1. The molecule has 5 nitrogen and oxygen atoms in total. The SMILES string of the molecule is NC(=O)NC1CCN(C(=O)C#CBr)CC1. The van der Waals surface area contributed by atoms with Crippen LogP contribution in [0.15, 0.2) is 0 Å². The van der Waals surface area contributed by atoms with Crippen molar-refractivity contribution in [3.8, 4) is 10.8 Å². The average Bonchev–Trinajstić information content (AvgIpc) is 2.18. The number of carbonyl (C=O) groups is 2. The topological polar surface area (TPSA) is 75.4 Å². The van der Waals surface area contributed by atoms with E-state index in [4.69, 9.17) is 5.73 Å². The van der Waals surface area contributed by atoms with Gasteiger partial charge in [-0.2, -0.15) is 0 Å². The fourth-order valence-corrected chi connectivity index (χ4v) is 1.72. The maximum absolute atomic E-state index is 11.3. The van der Waals surface area contributed by atoms with Crippen LogP contribution in [0, 0.1) is 10.8 Å². The van der Waals surface area contributed by atoms with Gasteiger partial charge in [-0.05, 0) is 17.7 Å². The average molecular weight is 274 g/mol. The fourth-order valence-electron chi connectivity index (χ4n) is 1.55. The Morgan fingerprint density at radius 3 is 2.47 bits per heavy atom.